The average molecular weight is 197 g/mol. The van der Waals surface area contributed by atoms with Crippen molar-refractivity contribution in [2.45, 2.75) is 51.6 Å². The molecule has 2 saturated carbocycles. The predicted octanol–water partition coefficient (Wildman–Crippen LogP) is 1.78. The molecule has 0 amide bonds. The molecule has 2 aliphatic carbocycles. The van der Waals surface area contributed by atoms with E-state index in [0.29, 0.717) is 12.0 Å². The van der Waals surface area contributed by atoms with Crippen LogP contribution in [0.1, 0.15) is 39.5 Å². The Morgan fingerprint density at radius 1 is 1.14 bits per heavy atom. The Bertz CT molecular complexity index is 173. The zero-order chi connectivity index (χ0) is 10.1. The highest BCUT2D eigenvalue weighted by molar-refractivity contribution is 4.97. The molecule has 2 aliphatic rings. The molecule has 82 valence electrons. The number of hydrogen-bond acceptors (Lipinski definition) is 2. The summed E-state index contributed by atoms with van der Waals surface area (Å²) in [6.07, 6.45) is 5.63. The average Bonchev–Trinajstić information content (AvgIpc) is 3.01. The molecule has 0 aliphatic heterocycles. The van der Waals surface area contributed by atoms with Gasteiger partial charge < -0.3 is 10.4 Å². The van der Waals surface area contributed by atoms with Gasteiger partial charge in [0, 0.05) is 12.1 Å². The van der Waals surface area contributed by atoms with Crippen molar-refractivity contribution >= 4 is 0 Å². The molecular formula is C12H23NO. The van der Waals surface area contributed by atoms with Crippen LogP contribution in [0.2, 0.25) is 0 Å². The Morgan fingerprint density at radius 3 is 1.93 bits per heavy atom. The van der Waals surface area contributed by atoms with Gasteiger partial charge in [-0.15, -0.1) is 0 Å². The van der Waals surface area contributed by atoms with Gasteiger partial charge in [-0.3, -0.25) is 0 Å². The zero-order valence-electron chi connectivity index (χ0n) is 9.37. The van der Waals surface area contributed by atoms with E-state index in [9.17, 15) is 5.11 Å². The minimum atomic E-state index is 0.285. The molecule has 2 rings (SSSR count). The smallest absolute Gasteiger partial charge is 0.0587 e. The van der Waals surface area contributed by atoms with E-state index < -0.39 is 0 Å². The van der Waals surface area contributed by atoms with Crippen LogP contribution in [0, 0.1) is 17.8 Å². The van der Waals surface area contributed by atoms with E-state index in [1.165, 1.54) is 25.7 Å². The summed E-state index contributed by atoms with van der Waals surface area (Å²) in [6, 6.07) is 1.02. The maximum atomic E-state index is 9.29. The summed E-state index contributed by atoms with van der Waals surface area (Å²) in [4.78, 5) is 0. The Morgan fingerprint density at radius 2 is 1.64 bits per heavy atom. The number of nitrogens with one attached hydrogen (secondary N) is 1. The number of aliphatic hydroxyl groups is 1. The van der Waals surface area contributed by atoms with Gasteiger partial charge in [-0.05, 0) is 43.4 Å². The normalized spacial score (nSPS) is 24.6. The van der Waals surface area contributed by atoms with E-state index in [4.69, 9.17) is 0 Å². The standard InChI is InChI=1S/C12H23NO/c1-8(2)11(7-14)13-12(9-3-4-9)10-5-6-10/h8-14H,3-7H2,1-2H3/t11-/m1/s1. The molecule has 0 saturated heterocycles. The SMILES string of the molecule is CC(C)[C@@H](CO)NC(C1CC1)C1CC1. The molecule has 0 heterocycles. The van der Waals surface area contributed by atoms with Crippen molar-refractivity contribution in [3.63, 3.8) is 0 Å². The molecule has 0 aromatic heterocycles. The lowest BCUT2D eigenvalue weighted by Gasteiger charge is -2.27. The molecule has 14 heavy (non-hydrogen) atoms. The summed E-state index contributed by atoms with van der Waals surface area (Å²) in [5.41, 5.74) is 0. The molecule has 0 spiro atoms. The second-order valence-electron chi connectivity index (χ2n) is 5.40. The van der Waals surface area contributed by atoms with Crippen LogP contribution < -0.4 is 5.32 Å². The van der Waals surface area contributed by atoms with Crippen molar-refractivity contribution in [2.24, 2.45) is 17.8 Å². The van der Waals surface area contributed by atoms with Gasteiger partial charge in [0.25, 0.3) is 0 Å². The summed E-state index contributed by atoms with van der Waals surface area (Å²) in [5, 5.41) is 13.0. The van der Waals surface area contributed by atoms with Crippen molar-refractivity contribution in [2.75, 3.05) is 6.61 Å². The van der Waals surface area contributed by atoms with Gasteiger partial charge in [-0.25, -0.2) is 0 Å². The molecule has 0 bridgehead atoms. The molecule has 1 atom stereocenters. The van der Waals surface area contributed by atoms with Crippen LogP contribution in [-0.4, -0.2) is 23.8 Å². The molecule has 0 aromatic carbocycles. The third kappa shape index (κ3) is 2.48. The summed E-state index contributed by atoms with van der Waals surface area (Å²) >= 11 is 0. The van der Waals surface area contributed by atoms with Crippen molar-refractivity contribution < 1.29 is 5.11 Å². The van der Waals surface area contributed by atoms with Crippen LogP contribution in [-0.2, 0) is 0 Å². The fourth-order valence-electron chi connectivity index (χ4n) is 2.27. The molecule has 2 heteroatoms. The fourth-order valence-corrected chi connectivity index (χ4v) is 2.27. The quantitative estimate of drug-likeness (QED) is 0.680. The molecule has 0 radical (unpaired) electrons. The first-order chi connectivity index (χ1) is 6.72. The van der Waals surface area contributed by atoms with Gasteiger partial charge in [-0.2, -0.15) is 0 Å². The van der Waals surface area contributed by atoms with Gasteiger partial charge in [0.2, 0.25) is 0 Å². The maximum Gasteiger partial charge on any atom is 0.0587 e. The lowest BCUT2D eigenvalue weighted by atomic mass is 10.0. The van der Waals surface area contributed by atoms with Crippen LogP contribution in [0.3, 0.4) is 0 Å². The highest BCUT2D eigenvalue weighted by Crippen LogP contribution is 2.44. The highest BCUT2D eigenvalue weighted by atomic mass is 16.3. The molecule has 0 unspecified atom stereocenters. The van der Waals surface area contributed by atoms with Gasteiger partial charge in [0.05, 0.1) is 6.61 Å². The van der Waals surface area contributed by atoms with Crippen LogP contribution >= 0.6 is 0 Å². The summed E-state index contributed by atoms with van der Waals surface area (Å²) in [7, 11) is 0. The van der Waals surface area contributed by atoms with Crippen molar-refractivity contribution in [1.82, 2.24) is 5.32 Å². The van der Waals surface area contributed by atoms with Crippen molar-refractivity contribution in [3.8, 4) is 0 Å². The van der Waals surface area contributed by atoms with Gasteiger partial charge in [0.15, 0.2) is 0 Å². The second-order valence-corrected chi connectivity index (χ2v) is 5.40. The van der Waals surface area contributed by atoms with E-state index in [2.05, 4.69) is 19.2 Å². The second kappa shape index (κ2) is 4.19. The summed E-state index contributed by atoms with van der Waals surface area (Å²) < 4.78 is 0. The predicted molar refractivity (Wildman–Crippen MR) is 58.1 cm³/mol. The van der Waals surface area contributed by atoms with E-state index in [1.54, 1.807) is 0 Å². The van der Waals surface area contributed by atoms with E-state index in [1.807, 2.05) is 0 Å². The van der Waals surface area contributed by atoms with E-state index in [-0.39, 0.29) is 6.61 Å². The zero-order valence-corrected chi connectivity index (χ0v) is 9.37. The monoisotopic (exact) mass is 197 g/mol. The van der Waals surface area contributed by atoms with Crippen LogP contribution in [0.15, 0.2) is 0 Å². The number of aliphatic hydroxyl groups excluding tert-OH is 1. The molecule has 2 fully saturated rings. The first-order valence-electron chi connectivity index (χ1n) is 6.09. The van der Waals surface area contributed by atoms with E-state index >= 15 is 0 Å². The van der Waals surface area contributed by atoms with Gasteiger partial charge >= 0.3 is 0 Å². The number of hydrogen-bond donors (Lipinski definition) is 2. The van der Waals surface area contributed by atoms with Crippen LogP contribution in [0.5, 0.6) is 0 Å². The number of rotatable bonds is 6. The Balaban J connectivity index is 1.84. The van der Waals surface area contributed by atoms with Gasteiger partial charge in [0.1, 0.15) is 0 Å². The van der Waals surface area contributed by atoms with E-state index in [0.717, 1.165) is 17.9 Å². The maximum absolute atomic E-state index is 9.29. The molecule has 2 nitrogen and oxygen atoms in total. The first-order valence-corrected chi connectivity index (χ1v) is 6.09. The van der Waals surface area contributed by atoms with Crippen LogP contribution in [0.4, 0.5) is 0 Å². The minimum Gasteiger partial charge on any atom is -0.395 e. The lowest BCUT2D eigenvalue weighted by Crippen LogP contribution is -2.45. The van der Waals surface area contributed by atoms with Crippen molar-refractivity contribution in [1.29, 1.82) is 0 Å². The Labute approximate surface area is 87.1 Å². The summed E-state index contributed by atoms with van der Waals surface area (Å²) in [6.45, 7) is 4.66. The molecule has 2 N–H and O–H groups in total. The third-order valence-electron chi connectivity index (χ3n) is 3.67. The third-order valence-corrected chi connectivity index (χ3v) is 3.67. The fraction of sp³-hybridized carbons (Fsp3) is 1.00. The molecular weight excluding hydrogens is 174 g/mol. The topological polar surface area (TPSA) is 32.3 Å². The Kier molecular flexibility index (Phi) is 3.13. The van der Waals surface area contributed by atoms with Gasteiger partial charge in [-0.1, -0.05) is 13.8 Å². The summed E-state index contributed by atoms with van der Waals surface area (Å²) in [5.74, 6) is 2.39. The van der Waals surface area contributed by atoms with Crippen LogP contribution in [0.25, 0.3) is 0 Å². The first kappa shape index (κ1) is 10.4. The largest absolute Gasteiger partial charge is 0.395 e. The lowest BCUT2D eigenvalue weighted by molar-refractivity contribution is 0.189. The molecule has 0 aromatic rings. The Hall–Kier alpha value is -0.0800. The minimum absolute atomic E-state index is 0.285. The highest BCUT2D eigenvalue weighted by Gasteiger charge is 2.42. The van der Waals surface area contributed by atoms with Crippen molar-refractivity contribution in [3.05, 3.63) is 0 Å².